The van der Waals surface area contributed by atoms with Gasteiger partial charge in [0.05, 0.1) is 5.41 Å². The van der Waals surface area contributed by atoms with Gasteiger partial charge in [0.15, 0.2) is 5.76 Å². The van der Waals surface area contributed by atoms with Crippen molar-refractivity contribution < 1.29 is 22.1 Å². The Balaban J connectivity index is 1.56. The molecule has 0 radical (unpaired) electrons. The average molecular weight is 450 g/mol. The molecule has 1 aromatic heterocycles. The SMILES string of the molecule is Cc1noc(C)c1S(=O)(=O)N1CCCN(C(=O)C2(c3cccc(F)c3)CCCC2)CC1. The van der Waals surface area contributed by atoms with E-state index in [1.807, 2.05) is 6.07 Å². The topological polar surface area (TPSA) is 83.7 Å². The molecule has 7 nitrogen and oxygen atoms in total. The maximum Gasteiger partial charge on any atom is 0.248 e. The Morgan fingerprint density at radius 1 is 1.10 bits per heavy atom. The number of sulfonamides is 1. The number of amides is 1. The fourth-order valence-corrected chi connectivity index (χ4v) is 6.76. The minimum Gasteiger partial charge on any atom is -0.360 e. The lowest BCUT2D eigenvalue weighted by atomic mass is 9.77. The molecule has 168 valence electrons. The molecule has 1 aliphatic heterocycles. The quantitative estimate of drug-likeness (QED) is 0.716. The van der Waals surface area contributed by atoms with Gasteiger partial charge in [-0.3, -0.25) is 4.79 Å². The molecule has 2 fully saturated rings. The van der Waals surface area contributed by atoms with Crippen LogP contribution in [0.25, 0.3) is 0 Å². The average Bonchev–Trinajstić information content (AvgIpc) is 3.27. The van der Waals surface area contributed by atoms with Crippen LogP contribution in [0.15, 0.2) is 33.7 Å². The Bertz CT molecular complexity index is 1060. The zero-order valence-electron chi connectivity index (χ0n) is 17.9. The van der Waals surface area contributed by atoms with Gasteiger partial charge in [-0.2, -0.15) is 4.31 Å². The van der Waals surface area contributed by atoms with Crippen molar-refractivity contribution in [2.75, 3.05) is 26.2 Å². The lowest BCUT2D eigenvalue weighted by Gasteiger charge is -2.34. The monoisotopic (exact) mass is 449 g/mol. The van der Waals surface area contributed by atoms with Gasteiger partial charge in [-0.05, 0) is 50.8 Å². The Labute approximate surface area is 182 Å². The smallest absolute Gasteiger partial charge is 0.248 e. The van der Waals surface area contributed by atoms with E-state index in [9.17, 15) is 17.6 Å². The van der Waals surface area contributed by atoms with E-state index in [0.29, 0.717) is 44.6 Å². The van der Waals surface area contributed by atoms with E-state index in [4.69, 9.17) is 4.52 Å². The van der Waals surface area contributed by atoms with Crippen molar-refractivity contribution in [1.29, 1.82) is 0 Å². The summed E-state index contributed by atoms with van der Waals surface area (Å²) in [6.45, 7) is 4.51. The van der Waals surface area contributed by atoms with E-state index in [-0.39, 0.29) is 28.9 Å². The molecule has 1 aromatic carbocycles. The van der Waals surface area contributed by atoms with Crippen LogP contribution in [0.2, 0.25) is 0 Å². The predicted octanol–water partition coefficient (Wildman–Crippen LogP) is 3.17. The second-order valence-corrected chi connectivity index (χ2v) is 10.4. The molecule has 2 aliphatic rings. The Morgan fingerprint density at radius 2 is 1.84 bits per heavy atom. The summed E-state index contributed by atoms with van der Waals surface area (Å²) >= 11 is 0. The zero-order chi connectivity index (χ0) is 22.2. The third-order valence-corrected chi connectivity index (χ3v) is 8.70. The summed E-state index contributed by atoms with van der Waals surface area (Å²) in [5.74, 6) is -0.0953. The first kappa shape index (κ1) is 22.0. The fraction of sp³-hybridized carbons (Fsp3) is 0.545. The van der Waals surface area contributed by atoms with Crippen molar-refractivity contribution >= 4 is 15.9 Å². The molecule has 0 atom stereocenters. The number of hydrogen-bond donors (Lipinski definition) is 0. The standard InChI is InChI=1S/C22H28FN3O4S/c1-16-20(17(2)30-24-16)31(28,29)26-12-6-11-25(13-14-26)21(27)22(9-3-4-10-22)18-7-5-8-19(23)15-18/h5,7-8,15H,3-4,6,9-14H2,1-2H3. The van der Waals surface area contributed by atoms with E-state index in [0.717, 1.165) is 18.4 Å². The molecular formula is C22H28FN3O4S. The fourth-order valence-electron chi connectivity index (χ4n) is 5.00. The van der Waals surface area contributed by atoms with Crippen molar-refractivity contribution in [3.8, 4) is 0 Å². The second kappa shape index (κ2) is 8.35. The Morgan fingerprint density at radius 3 is 2.48 bits per heavy atom. The molecule has 31 heavy (non-hydrogen) atoms. The van der Waals surface area contributed by atoms with Gasteiger partial charge < -0.3 is 9.42 Å². The molecule has 9 heteroatoms. The highest BCUT2D eigenvalue weighted by molar-refractivity contribution is 7.89. The first-order valence-corrected chi connectivity index (χ1v) is 12.2. The van der Waals surface area contributed by atoms with Gasteiger partial charge in [0.1, 0.15) is 16.4 Å². The van der Waals surface area contributed by atoms with E-state index >= 15 is 0 Å². The summed E-state index contributed by atoms with van der Waals surface area (Å²) < 4.78 is 46.8. The van der Waals surface area contributed by atoms with Crippen LogP contribution < -0.4 is 0 Å². The van der Waals surface area contributed by atoms with Crippen LogP contribution >= 0.6 is 0 Å². The summed E-state index contributed by atoms with van der Waals surface area (Å²) in [4.78, 5) is 15.6. The third-order valence-electron chi connectivity index (χ3n) is 6.55. The lowest BCUT2D eigenvalue weighted by molar-refractivity contribution is -0.137. The summed E-state index contributed by atoms with van der Waals surface area (Å²) in [5.41, 5.74) is 0.336. The van der Waals surface area contributed by atoms with Gasteiger partial charge in [-0.1, -0.05) is 30.1 Å². The van der Waals surface area contributed by atoms with Gasteiger partial charge >= 0.3 is 0 Å². The second-order valence-electron chi connectivity index (χ2n) is 8.50. The lowest BCUT2D eigenvalue weighted by Crippen LogP contribution is -2.47. The maximum absolute atomic E-state index is 13.9. The molecule has 0 bridgehead atoms. The first-order chi connectivity index (χ1) is 14.8. The van der Waals surface area contributed by atoms with E-state index in [1.165, 1.54) is 16.4 Å². The Hall–Kier alpha value is -2.26. The predicted molar refractivity (Wildman–Crippen MR) is 112 cm³/mol. The summed E-state index contributed by atoms with van der Waals surface area (Å²) in [6.07, 6.45) is 3.75. The van der Waals surface area contributed by atoms with Crippen LogP contribution in [0.3, 0.4) is 0 Å². The number of aryl methyl sites for hydroxylation is 2. The van der Waals surface area contributed by atoms with E-state index in [1.54, 1.807) is 24.8 Å². The summed E-state index contributed by atoms with van der Waals surface area (Å²) in [6, 6.07) is 6.34. The van der Waals surface area contributed by atoms with Crippen molar-refractivity contribution in [2.45, 2.75) is 56.3 Å². The highest BCUT2D eigenvalue weighted by atomic mass is 32.2. The van der Waals surface area contributed by atoms with E-state index < -0.39 is 15.4 Å². The van der Waals surface area contributed by atoms with Crippen LogP contribution in [0.4, 0.5) is 4.39 Å². The van der Waals surface area contributed by atoms with Crippen LogP contribution in [0, 0.1) is 19.7 Å². The number of carbonyl (C=O) groups is 1. The number of rotatable bonds is 4. The molecule has 2 aromatic rings. The zero-order valence-corrected chi connectivity index (χ0v) is 18.8. The number of nitrogens with zero attached hydrogens (tertiary/aromatic N) is 3. The van der Waals surface area contributed by atoms with Crippen molar-refractivity contribution in [1.82, 2.24) is 14.4 Å². The molecule has 1 amide bonds. The molecule has 0 spiro atoms. The highest BCUT2D eigenvalue weighted by Crippen LogP contribution is 2.43. The molecule has 1 saturated heterocycles. The first-order valence-electron chi connectivity index (χ1n) is 10.7. The highest BCUT2D eigenvalue weighted by Gasteiger charge is 2.45. The number of aromatic nitrogens is 1. The minimum atomic E-state index is -3.76. The van der Waals surface area contributed by atoms with Gasteiger partial charge in [0, 0.05) is 26.2 Å². The summed E-state index contributed by atoms with van der Waals surface area (Å²) in [5, 5.41) is 3.77. The largest absolute Gasteiger partial charge is 0.360 e. The van der Waals surface area contributed by atoms with Crippen molar-refractivity contribution in [2.24, 2.45) is 0 Å². The third kappa shape index (κ3) is 3.89. The number of hydrogen-bond acceptors (Lipinski definition) is 5. The van der Waals surface area contributed by atoms with Crippen LogP contribution in [-0.4, -0.2) is 54.9 Å². The summed E-state index contributed by atoms with van der Waals surface area (Å²) in [7, 11) is -3.76. The van der Waals surface area contributed by atoms with Crippen LogP contribution in [-0.2, 0) is 20.2 Å². The van der Waals surface area contributed by atoms with Gasteiger partial charge in [-0.15, -0.1) is 0 Å². The van der Waals surface area contributed by atoms with Gasteiger partial charge in [0.2, 0.25) is 15.9 Å². The van der Waals surface area contributed by atoms with Crippen LogP contribution in [0.5, 0.6) is 0 Å². The maximum atomic E-state index is 13.9. The van der Waals surface area contributed by atoms with Crippen LogP contribution in [0.1, 0.15) is 49.1 Å². The number of carbonyl (C=O) groups excluding carboxylic acids is 1. The molecule has 1 aliphatic carbocycles. The Kier molecular flexibility index (Phi) is 5.91. The molecule has 0 unspecified atom stereocenters. The molecule has 4 rings (SSSR count). The number of halogens is 1. The van der Waals surface area contributed by atoms with Gasteiger partial charge in [-0.25, -0.2) is 12.8 Å². The minimum absolute atomic E-state index is 0.0211. The number of benzene rings is 1. The molecular weight excluding hydrogens is 421 g/mol. The van der Waals surface area contributed by atoms with Crippen molar-refractivity contribution in [3.05, 3.63) is 47.1 Å². The van der Waals surface area contributed by atoms with Crippen molar-refractivity contribution in [3.63, 3.8) is 0 Å². The van der Waals surface area contributed by atoms with E-state index in [2.05, 4.69) is 5.16 Å². The molecule has 1 saturated carbocycles. The molecule has 2 heterocycles. The normalized spacial score (nSPS) is 20.0. The van der Waals surface area contributed by atoms with Gasteiger partial charge in [0.25, 0.3) is 0 Å². The molecule has 0 N–H and O–H groups in total.